The van der Waals surface area contributed by atoms with E-state index in [0.29, 0.717) is 11.3 Å². The number of amides is 1. The first-order chi connectivity index (χ1) is 13.1. The largest absolute Gasteiger partial charge is 0.360 e. The van der Waals surface area contributed by atoms with Crippen molar-refractivity contribution >= 4 is 44.9 Å². The molecule has 7 heteroatoms. The van der Waals surface area contributed by atoms with Gasteiger partial charge < -0.3 is 9.84 Å². The lowest BCUT2D eigenvalue weighted by molar-refractivity contribution is 0.102. The summed E-state index contributed by atoms with van der Waals surface area (Å²) in [7, 11) is 0. The third-order valence-electron chi connectivity index (χ3n) is 3.93. The number of carbonyl (C=O) groups excluding carboxylic acids is 1. The zero-order valence-electron chi connectivity index (χ0n) is 14.9. The van der Waals surface area contributed by atoms with Crippen LogP contribution in [0.3, 0.4) is 0 Å². The predicted octanol–water partition coefficient (Wildman–Crippen LogP) is 5.45. The lowest BCUT2D eigenvalue weighted by atomic mass is 10.2. The van der Waals surface area contributed by atoms with Gasteiger partial charge in [0.2, 0.25) is 0 Å². The number of benzene rings is 2. The van der Waals surface area contributed by atoms with Gasteiger partial charge in [-0.1, -0.05) is 17.3 Å². The molecule has 2 aromatic heterocycles. The molecule has 2 aromatic carbocycles. The first-order valence-electron chi connectivity index (χ1n) is 8.41. The van der Waals surface area contributed by atoms with Crippen LogP contribution >= 0.6 is 23.1 Å². The normalized spacial score (nSPS) is 11.0. The topological polar surface area (TPSA) is 68.0 Å². The van der Waals surface area contributed by atoms with E-state index in [-0.39, 0.29) is 5.91 Å². The lowest BCUT2D eigenvalue weighted by Gasteiger charge is -2.09. The fourth-order valence-corrected chi connectivity index (χ4v) is 4.52. The summed E-state index contributed by atoms with van der Waals surface area (Å²) >= 11 is 3.17. The molecule has 136 valence electrons. The monoisotopic (exact) mass is 395 g/mol. The molecule has 0 bridgehead atoms. The molecule has 0 saturated heterocycles. The number of fused-ring (bicyclic) bond motifs is 1. The van der Waals surface area contributed by atoms with Crippen LogP contribution in [0.15, 0.2) is 57.9 Å². The average Bonchev–Trinajstić information content (AvgIpc) is 3.24. The highest BCUT2D eigenvalue weighted by Gasteiger charge is 2.13. The van der Waals surface area contributed by atoms with Gasteiger partial charge >= 0.3 is 0 Å². The van der Waals surface area contributed by atoms with Gasteiger partial charge in [0.05, 0.1) is 32.2 Å². The van der Waals surface area contributed by atoms with Gasteiger partial charge in [-0.3, -0.25) is 4.79 Å². The minimum atomic E-state index is -0.132. The standard InChI is InChI=1S/C20H17N3O2S2/c1-12-9-15(25-23-12)11-26-18-6-4-3-5-16(18)20(24)22-14-7-8-17-19(10-14)27-13(2)21-17/h3-10H,11H2,1-2H3,(H,22,24). The highest BCUT2D eigenvalue weighted by Crippen LogP contribution is 2.28. The Balaban J connectivity index is 1.52. The second-order valence-electron chi connectivity index (χ2n) is 6.09. The van der Waals surface area contributed by atoms with Crippen LogP contribution in [0.4, 0.5) is 5.69 Å². The molecule has 0 aliphatic heterocycles. The molecule has 0 radical (unpaired) electrons. The number of thiazole rings is 1. The van der Waals surface area contributed by atoms with E-state index in [4.69, 9.17) is 4.52 Å². The Kier molecular flexibility index (Phi) is 4.96. The summed E-state index contributed by atoms with van der Waals surface area (Å²) < 4.78 is 6.31. The van der Waals surface area contributed by atoms with Gasteiger partial charge in [0, 0.05) is 16.6 Å². The first kappa shape index (κ1) is 17.8. The minimum absolute atomic E-state index is 0.132. The Bertz CT molecular complexity index is 1120. The molecule has 4 aromatic rings. The van der Waals surface area contributed by atoms with E-state index in [0.717, 1.165) is 37.3 Å². The number of anilines is 1. The molecule has 0 aliphatic rings. The van der Waals surface area contributed by atoms with Crippen LogP contribution in [0.5, 0.6) is 0 Å². The molecule has 2 heterocycles. The summed E-state index contributed by atoms with van der Waals surface area (Å²) in [6.45, 7) is 3.87. The second-order valence-corrected chi connectivity index (χ2v) is 8.34. The Hall–Kier alpha value is -2.64. The molecular formula is C20H17N3O2S2. The van der Waals surface area contributed by atoms with Crippen molar-refractivity contribution in [2.75, 3.05) is 5.32 Å². The smallest absolute Gasteiger partial charge is 0.256 e. The van der Waals surface area contributed by atoms with Gasteiger partial charge in [-0.15, -0.1) is 23.1 Å². The molecule has 0 atom stereocenters. The molecule has 0 unspecified atom stereocenters. The van der Waals surface area contributed by atoms with Crippen LogP contribution in [-0.2, 0) is 5.75 Å². The zero-order valence-corrected chi connectivity index (χ0v) is 16.5. The molecule has 5 nitrogen and oxygen atoms in total. The van der Waals surface area contributed by atoms with Gasteiger partial charge in [0.25, 0.3) is 5.91 Å². The zero-order chi connectivity index (χ0) is 18.8. The van der Waals surface area contributed by atoms with Crippen molar-refractivity contribution < 1.29 is 9.32 Å². The summed E-state index contributed by atoms with van der Waals surface area (Å²) in [5.74, 6) is 1.28. The maximum Gasteiger partial charge on any atom is 0.256 e. The quantitative estimate of drug-likeness (QED) is 0.455. The molecule has 27 heavy (non-hydrogen) atoms. The van der Waals surface area contributed by atoms with Crippen molar-refractivity contribution in [3.05, 3.63) is 70.6 Å². The Morgan fingerprint density at radius 3 is 2.85 bits per heavy atom. The van der Waals surface area contributed by atoms with Crippen LogP contribution in [0.2, 0.25) is 0 Å². The molecular weight excluding hydrogens is 378 g/mol. The average molecular weight is 396 g/mol. The predicted molar refractivity (Wildman–Crippen MR) is 110 cm³/mol. The molecule has 0 saturated carbocycles. The number of hydrogen-bond donors (Lipinski definition) is 1. The van der Waals surface area contributed by atoms with Gasteiger partial charge in [-0.2, -0.15) is 0 Å². The summed E-state index contributed by atoms with van der Waals surface area (Å²) in [6, 6.07) is 15.3. The number of rotatable bonds is 5. The van der Waals surface area contributed by atoms with E-state index >= 15 is 0 Å². The number of nitrogens with one attached hydrogen (secondary N) is 1. The van der Waals surface area contributed by atoms with E-state index in [1.165, 1.54) is 0 Å². The van der Waals surface area contributed by atoms with Crippen molar-refractivity contribution in [3.8, 4) is 0 Å². The van der Waals surface area contributed by atoms with Gasteiger partial charge in [-0.25, -0.2) is 4.98 Å². The Morgan fingerprint density at radius 1 is 1.19 bits per heavy atom. The minimum Gasteiger partial charge on any atom is -0.360 e. The number of hydrogen-bond acceptors (Lipinski definition) is 6. The number of nitrogens with zero attached hydrogens (tertiary/aromatic N) is 2. The number of aromatic nitrogens is 2. The van der Waals surface area contributed by atoms with E-state index in [2.05, 4.69) is 15.5 Å². The molecule has 1 amide bonds. The SMILES string of the molecule is Cc1cc(CSc2ccccc2C(=O)Nc2ccc3nc(C)sc3c2)on1. The van der Waals surface area contributed by atoms with Crippen LogP contribution in [0, 0.1) is 13.8 Å². The number of thioether (sulfide) groups is 1. The number of carbonyl (C=O) groups is 1. The summed E-state index contributed by atoms with van der Waals surface area (Å²) in [4.78, 5) is 18.2. The van der Waals surface area contributed by atoms with E-state index in [9.17, 15) is 4.79 Å². The highest BCUT2D eigenvalue weighted by atomic mass is 32.2. The molecule has 4 rings (SSSR count). The first-order valence-corrected chi connectivity index (χ1v) is 10.2. The van der Waals surface area contributed by atoms with E-state index in [1.54, 1.807) is 23.1 Å². The Morgan fingerprint density at radius 2 is 2.04 bits per heavy atom. The van der Waals surface area contributed by atoms with E-state index in [1.807, 2.05) is 62.4 Å². The third-order valence-corrected chi connectivity index (χ3v) is 5.96. The van der Waals surface area contributed by atoms with Crippen molar-refractivity contribution in [2.24, 2.45) is 0 Å². The maximum atomic E-state index is 12.8. The van der Waals surface area contributed by atoms with E-state index < -0.39 is 0 Å². The van der Waals surface area contributed by atoms with Crippen LogP contribution in [-0.4, -0.2) is 16.0 Å². The van der Waals surface area contributed by atoms with Gasteiger partial charge in [0.15, 0.2) is 0 Å². The van der Waals surface area contributed by atoms with Crippen LogP contribution < -0.4 is 5.32 Å². The summed E-state index contributed by atoms with van der Waals surface area (Å²) in [6.07, 6.45) is 0. The Labute approximate surface area is 164 Å². The molecule has 1 N–H and O–H groups in total. The highest BCUT2D eigenvalue weighted by molar-refractivity contribution is 7.98. The second kappa shape index (κ2) is 7.54. The van der Waals surface area contributed by atoms with Crippen LogP contribution in [0.1, 0.15) is 26.8 Å². The fourth-order valence-electron chi connectivity index (χ4n) is 2.73. The third kappa shape index (κ3) is 4.04. The van der Waals surface area contributed by atoms with Crippen molar-refractivity contribution in [1.29, 1.82) is 0 Å². The number of aryl methyl sites for hydroxylation is 2. The fraction of sp³-hybridized carbons (Fsp3) is 0.150. The molecule has 0 aliphatic carbocycles. The lowest BCUT2D eigenvalue weighted by Crippen LogP contribution is -2.12. The molecule has 0 fully saturated rings. The maximum absolute atomic E-state index is 12.8. The van der Waals surface area contributed by atoms with Gasteiger partial charge in [0.1, 0.15) is 5.76 Å². The van der Waals surface area contributed by atoms with Crippen LogP contribution in [0.25, 0.3) is 10.2 Å². The van der Waals surface area contributed by atoms with Crippen molar-refractivity contribution in [3.63, 3.8) is 0 Å². The van der Waals surface area contributed by atoms with Gasteiger partial charge in [-0.05, 0) is 44.2 Å². The van der Waals surface area contributed by atoms with Crippen molar-refractivity contribution in [1.82, 2.24) is 10.1 Å². The summed E-state index contributed by atoms with van der Waals surface area (Å²) in [5, 5.41) is 7.90. The molecule has 0 spiro atoms. The summed E-state index contributed by atoms with van der Waals surface area (Å²) in [5.41, 5.74) is 3.21. The van der Waals surface area contributed by atoms with Crippen molar-refractivity contribution in [2.45, 2.75) is 24.5 Å².